The van der Waals surface area contributed by atoms with E-state index in [0.29, 0.717) is 0 Å². The lowest BCUT2D eigenvalue weighted by Crippen LogP contribution is -2.59. The Morgan fingerprint density at radius 3 is 1.14 bits per heavy atom. The van der Waals surface area contributed by atoms with Crippen LogP contribution >= 0.6 is 0 Å². The zero-order valence-corrected chi connectivity index (χ0v) is 19.8. The van der Waals surface area contributed by atoms with E-state index < -0.39 is 95.1 Å². The molecule has 13 heteroatoms. The van der Waals surface area contributed by atoms with E-state index in [9.17, 15) is 48.3 Å². The molecule has 3 aromatic carbocycles. The SMILES string of the molecule is C[Si](C)(C)C(Cc1ccc(F)cc1)B(c1c(F)c(F)c(F)c(F)c1F)c1c(F)c(F)c(F)c(F)c1F. The predicted molar refractivity (Wildman–Crippen MR) is 115 cm³/mol. The molecule has 0 aliphatic heterocycles. The molecule has 0 aliphatic rings. The summed E-state index contributed by atoms with van der Waals surface area (Å²) >= 11 is 0. The Hall–Kier alpha value is -2.83. The van der Waals surface area contributed by atoms with E-state index in [2.05, 4.69) is 0 Å². The van der Waals surface area contributed by atoms with Gasteiger partial charge in [0.05, 0.1) is 0 Å². The highest BCUT2D eigenvalue weighted by atomic mass is 28.3. The van der Waals surface area contributed by atoms with E-state index in [4.69, 9.17) is 0 Å². The van der Waals surface area contributed by atoms with Crippen LogP contribution in [0.2, 0.25) is 25.1 Å². The minimum absolute atomic E-state index is 0.224. The van der Waals surface area contributed by atoms with Gasteiger partial charge in [-0.25, -0.2) is 48.3 Å². The Balaban J connectivity index is 2.48. The first-order valence-electron chi connectivity index (χ1n) is 10.4. The topological polar surface area (TPSA) is 0 Å². The maximum atomic E-state index is 15.0. The van der Waals surface area contributed by atoms with Gasteiger partial charge in [-0.3, -0.25) is 0 Å². The first-order valence-corrected chi connectivity index (χ1v) is 13.9. The van der Waals surface area contributed by atoms with Gasteiger partial charge in [0.15, 0.2) is 58.2 Å². The second kappa shape index (κ2) is 9.91. The maximum absolute atomic E-state index is 15.0. The number of hydrogen-bond acceptors (Lipinski definition) is 0. The highest BCUT2D eigenvalue weighted by Gasteiger charge is 2.47. The van der Waals surface area contributed by atoms with Gasteiger partial charge in [0, 0.05) is 19.0 Å². The molecular weight excluding hydrogens is 524 g/mol. The van der Waals surface area contributed by atoms with E-state index in [0.717, 1.165) is 12.1 Å². The van der Waals surface area contributed by atoms with Crippen molar-refractivity contribution in [1.29, 1.82) is 0 Å². The second-order valence-electron chi connectivity index (χ2n) is 9.25. The van der Waals surface area contributed by atoms with Crippen LogP contribution in [-0.4, -0.2) is 14.8 Å². The minimum Gasteiger partial charge on any atom is -0.207 e. The zero-order chi connectivity index (χ0) is 27.3. The molecule has 0 saturated carbocycles. The highest BCUT2D eigenvalue weighted by molar-refractivity contribution is 7.00. The van der Waals surface area contributed by atoms with Gasteiger partial charge in [-0.05, 0) is 24.1 Å². The molecule has 1 unspecified atom stereocenters. The molecule has 0 heterocycles. The average Bonchev–Trinajstić information content (AvgIpc) is 2.82. The highest BCUT2D eigenvalue weighted by Crippen LogP contribution is 2.33. The smallest absolute Gasteiger partial charge is 0.207 e. The summed E-state index contributed by atoms with van der Waals surface area (Å²) in [5, 5.41) is 0. The largest absolute Gasteiger partial charge is 0.226 e. The lowest BCUT2D eigenvalue weighted by Gasteiger charge is -2.35. The standard InChI is InChI=1S/C23H16BF11Si/c1-36(2,3)11(8-9-4-6-10(25)7-5-9)24(12-14(26)18(30)22(34)19(31)15(12)27)13-16(28)20(32)23(35)21(33)17(13)29/h4-7,11H,8H2,1-3H3. The van der Waals surface area contributed by atoms with Crippen LogP contribution in [0.25, 0.3) is 0 Å². The van der Waals surface area contributed by atoms with Gasteiger partial charge in [-0.1, -0.05) is 37.2 Å². The summed E-state index contributed by atoms with van der Waals surface area (Å²) in [6.45, 7) is 2.03. The van der Waals surface area contributed by atoms with Crippen LogP contribution in [0.15, 0.2) is 24.3 Å². The molecular formula is C23H16BF11Si. The van der Waals surface area contributed by atoms with Crippen LogP contribution < -0.4 is 10.9 Å². The van der Waals surface area contributed by atoms with Gasteiger partial charge in [-0.2, -0.15) is 0 Å². The monoisotopic (exact) mass is 540 g/mol. The molecule has 0 saturated heterocycles. The van der Waals surface area contributed by atoms with Crippen LogP contribution in [0.3, 0.4) is 0 Å². The first kappa shape index (κ1) is 27.8. The molecule has 0 spiro atoms. The zero-order valence-electron chi connectivity index (χ0n) is 18.8. The normalized spacial score (nSPS) is 12.7. The predicted octanol–water partition coefficient (Wildman–Crippen LogP) is 6.32. The first-order chi connectivity index (χ1) is 16.6. The fourth-order valence-corrected chi connectivity index (χ4v) is 6.32. The third-order valence-corrected chi connectivity index (χ3v) is 8.76. The third-order valence-electron chi connectivity index (χ3n) is 5.99. The molecule has 0 radical (unpaired) electrons. The molecule has 192 valence electrons. The second-order valence-corrected chi connectivity index (χ2v) is 14.7. The van der Waals surface area contributed by atoms with Gasteiger partial charge in [-0.15, -0.1) is 0 Å². The molecule has 0 bridgehead atoms. The summed E-state index contributed by atoms with van der Waals surface area (Å²) < 4.78 is 157. The molecule has 0 aromatic heterocycles. The minimum atomic E-state index is -3.04. The fraction of sp³-hybridized carbons (Fsp3) is 0.217. The lowest BCUT2D eigenvalue weighted by molar-refractivity contribution is 0.382. The summed E-state index contributed by atoms with van der Waals surface area (Å²) in [6, 6.07) is 4.39. The molecule has 0 N–H and O–H groups in total. The van der Waals surface area contributed by atoms with E-state index in [-0.39, 0.29) is 12.0 Å². The van der Waals surface area contributed by atoms with Gasteiger partial charge < -0.3 is 0 Å². The van der Waals surface area contributed by atoms with Gasteiger partial charge in [0.25, 0.3) is 0 Å². The Kier molecular flexibility index (Phi) is 7.64. The Morgan fingerprint density at radius 2 is 0.833 bits per heavy atom. The summed E-state index contributed by atoms with van der Waals surface area (Å²) in [5.74, 6) is -25.5. The molecule has 0 fully saturated rings. The molecule has 0 nitrogen and oxygen atoms in total. The van der Waals surface area contributed by atoms with E-state index in [1.807, 2.05) is 0 Å². The Morgan fingerprint density at radius 1 is 0.528 bits per heavy atom. The van der Waals surface area contributed by atoms with Crippen molar-refractivity contribution < 1.29 is 48.3 Å². The van der Waals surface area contributed by atoms with Crippen molar-refractivity contribution in [2.75, 3.05) is 0 Å². The number of halogens is 11. The Labute approximate surface area is 199 Å². The molecule has 36 heavy (non-hydrogen) atoms. The maximum Gasteiger partial charge on any atom is 0.226 e. The number of rotatable bonds is 6. The van der Waals surface area contributed by atoms with E-state index >= 15 is 0 Å². The Bertz CT molecular complexity index is 1190. The van der Waals surface area contributed by atoms with Crippen molar-refractivity contribution in [3.8, 4) is 0 Å². The molecule has 0 aliphatic carbocycles. The number of hydrogen-bond donors (Lipinski definition) is 0. The quantitative estimate of drug-likeness (QED) is 0.149. The van der Waals surface area contributed by atoms with Crippen molar-refractivity contribution in [3.05, 3.63) is 93.8 Å². The summed E-state index contributed by atoms with van der Waals surface area (Å²) in [4.78, 5) is 0. The summed E-state index contributed by atoms with van der Waals surface area (Å²) in [5.41, 5.74) is -4.64. The van der Waals surface area contributed by atoms with Crippen molar-refractivity contribution in [3.63, 3.8) is 0 Å². The van der Waals surface area contributed by atoms with Gasteiger partial charge in [0.1, 0.15) is 5.82 Å². The van der Waals surface area contributed by atoms with Crippen molar-refractivity contribution in [2.45, 2.75) is 31.5 Å². The summed E-state index contributed by atoms with van der Waals surface area (Å²) in [6.07, 6.45) is -0.375. The van der Waals surface area contributed by atoms with Crippen LogP contribution in [0, 0.1) is 64.0 Å². The van der Waals surface area contributed by atoms with E-state index in [1.165, 1.54) is 31.8 Å². The van der Waals surface area contributed by atoms with Gasteiger partial charge in [0.2, 0.25) is 6.71 Å². The van der Waals surface area contributed by atoms with Crippen molar-refractivity contribution in [2.24, 2.45) is 0 Å². The van der Waals surface area contributed by atoms with Crippen molar-refractivity contribution in [1.82, 2.24) is 0 Å². The third kappa shape index (κ3) is 4.76. The molecule has 3 aromatic rings. The van der Waals surface area contributed by atoms with Gasteiger partial charge >= 0.3 is 0 Å². The van der Waals surface area contributed by atoms with Crippen LogP contribution in [0.5, 0.6) is 0 Å². The molecule has 1 atom stereocenters. The number of benzene rings is 3. The van der Waals surface area contributed by atoms with E-state index in [1.54, 1.807) is 0 Å². The molecule has 3 rings (SSSR count). The molecule has 0 amide bonds. The summed E-state index contributed by atoms with van der Waals surface area (Å²) in [7, 11) is -3.04. The fourth-order valence-electron chi connectivity index (χ4n) is 4.14. The average molecular weight is 540 g/mol. The van der Waals surface area contributed by atoms with Crippen molar-refractivity contribution >= 4 is 25.7 Å². The van der Waals surface area contributed by atoms with Crippen LogP contribution in [-0.2, 0) is 6.42 Å². The van der Waals surface area contributed by atoms with Crippen LogP contribution in [0.4, 0.5) is 48.3 Å². The lowest BCUT2D eigenvalue weighted by atomic mass is 9.37. The van der Waals surface area contributed by atoms with Crippen LogP contribution in [0.1, 0.15) is 5.56 Å².